The second-order valence-corrected chi connectivity index (χ2v) is 6.96. The summed E-state index contributed by atoms with van der Waals surface area (Å²) in [6, 6.07) is 7.54. The van der Waals surface area contributed by atoms with E-state index in [9.17, 15) is 9.59 Å². The van der Waals surface area contributed by atoms with Crippen molar-refractivity contribution in [3.63, 3.8) is 0 Å². The normalized spacial score (nSPS) is 11.7. The Bertz CT molecular complexity index is 733. The number of esters is 1. The highest BCUT2D eigenvalue weighted by Gasteiger charge is 2.25. The molecule has 0 fully saturated rings. The zero-order valence-electron chi connectivity index (χ0n) is 12.6. The number of methoxy groups -OCH3 is 1. The van der Waals surface area contributed by atoms with Crippen LogP contribution >= 0.6 is 43.5 Å². The van der Waals surface area contributed by atoms with Crippen LogP contribution in [0.4, 0.5) is 0 Å². The van der Waals surface area contributed by atoms with E-state index in [2.05, 4.69) is 42.2 Å². The van der Waals surface area contributed by atoms with Crippen molar-refractivity contribution in [2.75, 3.05) is 7.11 Å². The van der Waals surface area contributed by atoms with Crippen molar-refractivity contribution >= 4 is 55.3 Å². The molecule has 5 nitrogen and oxygen atoms in total. The van der Waals surface area contributed by atoms with Crippen molar-refractivity contribution in [2.45, 2.75) is 12.5 Å². The number of pyridine rings is 1. The maximum atomic E-state index is 12.3. The lowest BCUT2D eigenvalue weighted by atomic mass is 10.1. The van der Waals surface area contributed by atoms with E-state index in [4.69, 9.17) is 16.3 Å². The molecule has 1 heterocycles. The van der Waals surface area contributed by atoms with Crippen LogP contribution in [0.5, 0.6) is 0 Å². The topological polar surface area (TPSA) is 68.3 Å². The summed E-state index contributed by atoms with van der Waals surface area (Å²) in [6.45, 7) is 0. The van der Waals surface area contributed by atoms with Crippen LogP contribution < -0.4 is 5.32 Å². The third-order valence-corrected chi connectivity index (χ3v) is 4.84. The van der Waals surface area contributed by atoms with Crippen molar-refractivity contribution in [2.24, 2.45) is 0 Å². The Labute approximate surface area is 161 Å². The summed E-state index contributed by atoms with van der Waals surface area (Å²) in [5.74, 6) is -1.000. The first-order valence-electron chi connectivity index (χ1n) is 6.85. The minimum atomic E-state index is -0.863. The Morgan fingerprint density at radius 3 is 2.50 bits per heavy atom. The number of carbonyl (C=O) groups is 2. The number of hydrogen-bond acceptors (Lipinski definition) is 4. The highest BCUT2D eigenvalue weighted by atomic mass is 79.9. The van der Waals surface area contributed by atoms with Gasteiger partial charge in [0.05, 0.1) is 7.11 Å². The van der Waals surface area contributed by atoms with Crippen molar-refractivity contribution in [1.82, 2.24) is 10.3 Å². The molecular weight excluding hydrogens is 463 g/mol. The van der Waals surface area contributed by atoms with Crippen LogP contribution in [0.25, 0.3) is 0 Å². The fourth-order valence-corrected chi connectivity index (χ4v) is 4.03. The Morgan fingerprint density at radius 2 is 1.96 bits per heavy atom. The minimum Gasteiger partial charge on any atom is -0.467 e. The number of hydrogen-bond donors (Lipinski definition) is 1. The van der Waals surface area contributed by atoms with Gasteiger partial charge in [-0.25, -0.2) is 4.79 Å². The number of carbonyl (C=O) groups excluding carboxylic acids is 2. The summed E-state index contributed by atoms with van der Waals surface area (Å²) in [5, 5.41) is 3.20. The highest BCUT2D eigenvalue weighted by molar-refractivity contribution is 9.11. The predicted molar refractivity (Wildman–Crippen MR) is 98.1 cm³/mol. The van der Waals surface area contributed by atoms with E-state index in [0.717, 1.165) is 14.5 Å². The molecule has 1 atom stereocenters. The molecule has 0 aliphatic carbocycles. The molecule has 2 aromatic rings. The lowest BCUT2D eigenvalue weighted by Gasteiger charge is -2.18. The van der Waals surface area contributed by atoms with Gasteiger partial charge in [0.25, 0.3) is 5.91 Å². The van der Waals surface area contributed by atoms with Crippen molar-refractivity contribution < 1.29 is 14.3 Å². The summed E-state index contributed by atoms with van der Waals surface area (Å²) in [6.07, 6.45) is 1.73. The second kappa shape index (κ2) is 8.60. The van der Waals surface area contributed by atoms with Crippen LogP contribution in [0, 0.1) is 0 Å². The van der Waals surface area contributed by atoms with Gasteiger partial charge < -0.3 is 10.1 Å². The van der Waals surface area contributed by atoms with Gasteiger partial charge in [0.2, 0.25) is 0 Å². The lowest BCUT2D eigenvalue weighted by molar-refractivity contribution is -0.142. The van der Waals surface area contributed by atoms with Crippen LogP contribution in [0.2, 0.25) is 5.02 Å². The Hall–Kier alpha value is -1.44. The van der Waals surface area contributed by atoms with E-state index in [1.165, 1.54) is 13.3 Å². The molecule has 0 aliphatic heterocycles. The minimum absolute atomic E-state index is 0.223. The van der Waals surface area contributed by atoms with Gasteiger partial charge in [-0.2, -0.15) is 0 Å². The number of halogens is 3. The molecule has 0 spiro atoms. The van der Waals surface area contributed by atoms with Crippen LogP contribution in [0.15, 0.2) is 45.5 Å². The van der Waals surface area contributed by atoms with Crippen molar-refractivity contribution in [3.8, 4) is 0 Å². The second-order valence-electron chi connectivity index (χ2n) is 4.82. The zero-order chi connectivity index (χ0) is 17.7. The number of rotatable bonds is 5. The van der Waals surface area contributed by atoms with E-state index in [0.29, 0.717) is 5.02 Å². The predicted octanol–water partition coefficient (Wildman–Crippen LogP) is 3.77. The number of ether oxygens (including phenoxy) is 1. The van der Waals surface area contributed by atoms with Crippen LogP contribution in [-0.4, -0.2) is 30.0 Å². The molecule has 1 aromatic heterocycles. The number of amides is 1. The van der Waals surface area contributed by atoms with Gasteiger partial charge in [-0.1, -0.05) is 49.5 Å². The van der Waals surface area contributed by atoms with Gasteiger partial charge in [-0.15, -0.1) is 0 Å². The molecule has 1 N–H and O–H groups in total. The van der Waals surface area contributed by atoms with Gasteiger partial charge in [-0.3, -0.25) is 9.78 Å². The number of nitrogens with zero attached hydrogens (tertiary/aromatic N) is 1. The van der Waals surface area contributed by atoms with Crippen LogP contribution in [-0.2, 0) is 16.0 Å². The van der Waals surface area contributed by atoms with E-state index in [1.54, 1.807) is 30.3 Å². The molecular formula is C16H13Br2ClN2O3. The summed E-state index contributed by atoms with van der Waals surface area (Å²) in [4.78, 5) is 28.3. The number of benzene rings is 1. The average Bonchev–Trinajstić information content (AvgIpc) is 2.56. The summed E-state index contributed by atoms with van der Waals surface area (Å²) in [5.41, 5.74) is 1.01. The first-order valence-corrected chi connectivity index (χ1v) is 8.82. The Kier molecular flexibility index (Phi) is 6.77. The van der Waals surface area contributed by atoms with E-state index in [-0.39, 0.29) is 12.1 Å². The number of aromatic nitrogens is 1. The first kappa shape index (κ1) is 18.9. The third-order valence-electron chi connectivity index (χ3n) is 3.20. The average molecular weight is 477 g/mol. The van der Waals surface area contributed by atoms with Gasteiger partial charge in [0.1, 0.15) is 11.7 Å². The maximum absolute atomic E-state index is 12.3. The van der Waals surface area contributed by atoms with Crippen molar-refractivity contribution in [3.05, 3.63) is 61.8 Å². The quantitative estimate of drug-likeness (QED) is 0.667. The Balaban J connectivity index is 2.24. The standard InChI is InChI=1S/C16H13Br2ClN2O3/c1-24-16(23)14(21-15(22)13-4-2-3-5-20-13)8-10-11(17)6-9(19)7-12(10)18/h2-7,14H,8H2,1H3,(H,21,22)/t14-/m0/s1. The molecule has 0 aliphatic rings. The van der Waals surface area contributed by atoms with E-state index < -0.39 is 17.9 Å². The SMILES string of the molecule is COC(=O)[C@H](Cc1c(Br)cc(Cl)cc1Br)NC(=O)c1ccccn1. The molecule has 126 valence electrons. The molecule has 1 aromatic carbocycles. The molecule has 1 amide bonds. The van der Waals surface area contributed by atoms with E-state index >= 15 is 0 Å². The smallest absolute Gasteiger partial charge is 0.328 e. The third kappa shape index (κ3) is 4.78. The number of nitrogens with one attached hydrogen (secondary N) is 1. The fraction of sp³-hybridized carbons (Fsp3) is 0.188. The van der Waals surface area contributed by atoms with Crippen LogP contribution in [0.1, 0.15) is 16.1 Å². The first-order chi connectivity index (χ1) is 11.4. The molecule has 0 unspecified atom stereocenters. The van der Waals surface area contributed by atoms with Crippen LogP contribution in [0.3, 0.4) is 0 Å². The van der Waals surface area contributed by atoms with Gasteiger partial charge in [-0.05, 0) is 29.8 Å². The van der Waals surface area contributed by atoms with Gasteiger partial charge in [0.15, 0.2) is 0 Å². The molecule has 0 radical (unpaired) electrons. The molecule has 2 rings (SSSR count). The summed E-state index contributed by atoms with van der Waals surface area (Å²) >= 11 is 12.8. The molecule has 8 heteroatoms. The van der Waals surface area contributed by atoms with E-state index in [1.807, 2.05) is 0 Å². The highest BCUT2D eigenvalue weighted by Crippen LogP contribution is 2.30. The zero-order valence-corrected chi connectivity index (χ0v) is 16.5. The fourth-order valence-electron chi connectivity index (χ4n) is 2.04. The largest absolute Gasteiger partial charge is 0.467 e. The monoisotopic (exact) mass is 474 g/mol. The van der Waals surface area contributed by atoms with Gasteiger partial charge >= 0.3 is 5.97 Å². The molecule has 24 heavy (non-hydrogen) atoms. The molecule has 0 saturated heterocycles. The summed E-state index contributed by atoms with van der Waals surface area (Å²) in [7, 11) is 1.27. The lowest BCUT2D eigenvalue weighted by Crippen LogP contribution is -2.43. The van der Waals surface area contributed by atoms with Crippen molar-refractivity contribution in [1.29, 1.82) is 0 Å². The molecule has 0 bridgehead atoms. The Morgan fingerprint density at radius 1 is 1.29 bits per heavy atom. The molecule has 0 saturated carbocycles. The maximum Gasteiger partial charge on any atom is 0.328 e. The summed E-state index contributed by atoms with van der Waals surface area (Å²) < 4.78 is 6.24. The van der Waals surface area contributed by atoms with Gasteiger partial charge in [0, 0.05) is 26.6 Å².